The van der Waals surface area contributed by atoms with Gasteiger partial charge in [-0.15, -0.1) is 0 Å². The first-order chi connectivity index (χ1) is 13.6. The molecule has 2 aromatic heterocycles. The molecule has 0 unspecified atom stereocenters. The van der Waals surface area contributed by atoms with E-state index >= 15 is 0 Å². The van der Waals surface area contributed by atoms with E-state index in [1.807, 2.05) is 30.5 Å². The summed E-state index contributed by atoms with van der Waals surface area (Å²) in [6.45, 7) is 1.28. The van der Waals surface area contributed by atoms with Crippen LogP contribution in [0.15, 0.2) is 54.9 Å². The Kier molecular flexibility index (Phi) is 10.2. The Morgan fingerprint density at radius 3 is 2.79 bits per heavy atom. The molecule has 9 heteroatoms. The summed E-state index contributed by atoms with van der Waals surface area (Å²) in [6, 6.07) is 7.59. The minimum Gasteiger partial charge on any atom is -0.367 e. The lowest BCUT2D eigenvalue weighted by molar-refractivity contribution is -0.404. The largest absolute Gasteiger partial charge is 0.367 e. The number of nitro groups is 1. The summed E-state index contributed by atoms with van der Waals surface area (Å²) in [5.74, 6) is 2.14. The third-order valence-electron chi connectivity index (χ3n) is 3.78. The molecule has 0 atom stereocenters. The molecule has 0 radical (unpaired) electrons. The van der Waals surface area contributed by atoms with Crippen molar-refractivity contribution < 1.29 is 4.92 Å². The monoisotopic (exact) mass is 421 g/mol. The highest BCUT2D eigenvalue weighted by atomic mass is 35.5. The van der Waals surface area contributed by atoms with Crippen molar-refractivity contribution in [1.82, 2.24) is 20.6 Å². The molecule has 0 saturated heterocycles. The minimum absolute atomic E-state index is 0.433. The first-order valence-corrected chi connectivity index (χ1v) is 10.6. The van der Waals surface area contributed by atoms with Gasteiger partial charge in [0, 0.05) is 43.2 Å². The van der Waals surface area contributed by atoms with E-state index < -0.39 is 4.92 Å². The molecule has 0 bridgehead atoms. The lowest BCUT2D eigenvalue weighted by Gasteiger charge is -2.11. The number of halogens is 1. The lowest BCUT2D eigenvalue weighted by Crippen LogP contribution is -2.29. The third-order valence-corrected chi connectivity index (χ3v) is 5.15. The number of rotatable bonds is 13. The van der Waals surface area contributed by atoms with Gasteiger partial charge in [0.15, 0.2) is 5.82 Å². The van der Waals surface area contributed by atoms with Crippen molar-refractivity contribution in [3.8, 4) is 0 Å². The van der Waals surface area contributed by atoms with E-state index in [1.165, 1.54) is 5.56 Å². The predicted octanol–water partition coefficient (Wildman–Crippen LogP) is 3.64. The van der Waals surface area contributed by atoms with Gasteiger partial charge in [-0.1, -0.05) is 17.7 Å². The van der Waals surface area contributed by atoms with Gasteiger partial charge in [0.25, 0.3) is 6.20 Å². The van der Waals surface area contributed by atoms with Crippen molar-refractivity contribution in [2.75, 3.05) is 18.8 Å². The van der Waals surface area contributed by atoms with Crippen molar-refractivity contribution in [2.24, 2.45) is 0 Å². The van der Waals surface area contributed by atoms with Gasteiger partial charge in [0.05, 0.1) is 15.6 Å². The Bertz CT molecular complexity index is 761. The number of hydrogen-bond donors (Lipinski definition) is 2. The molecule has 2 N–H and O–H groups in total. The standard InChI is InChI=1S/C19H24ClN5O2S/c20-17-6-4-10-22-18(17)7-1-2-9-23-19(14-25(26)27)24-11-12-28-15-16-5-3-8-21-13-16/h3-6,8,10,13-14,23-24H,1-2,7,9,11-12,15H2/b19-14-. The summed E-state index contributed by atoms with van der Waals surface area (Å²) >= 11 is 7.84. The van der Waals surface area contributed by atoms with E-state index in [4.69, 9.17) is 11.6 Å². The second-order valence-electron chi connectivity index (χ2n) is 5.98. The molecule has 0 spiro atoms. The summed E-state index contributed by atoms with van der Waals surface area (Å²) < 4.78 is 0. The number of pyridine rings is 2. The zero-order valence-electron chi connectivity index (χ0n) is 15.5. The van der Waals surface area contributed by atoms with Crippen molar-refractivity contribution in [1.29, 1.82) is 0 Å². The van der Waals surface area contributed by atoms with E-state index in [9.17, 15) is 10.1 Å². The molecule has 2 heterocycles. The van der Waals surface area contributed by atoms with E-state index in [-0.39, 0.29) is 0 Å². The van der Waals surface area contributed by atoms with E-state index in [1.54, 1.807) is 24.2 Å². The van der Waals surface area contributed by atoms with Crippen LogP contribution in [0.4, 0.5) is 0 Å². The van der Waals surface area contributed by atoms with Gasteiger partial charge in [0.1, 0.15) is 0 Å². The zero-order valence-corrected chi connectivity index (χ0v) is 17.1. The van der Waals surface area contributed by atoms with Gasteiger partial charge >= 0.3 is 0 Å². The molecule has 150 valence electrons. The average molecular weight is 422 g/mol. The van der Waals surface area contributed by atoms with Crippen LogP contribution in [0.5, 0.6) is 0 Å². The Labute approximate surface area is 174 Å². The number of thioether (sulfide) groups is 1. The van der Waals surface area contributed by atoms with Gasteiger partial charge < -0.3 is 10.6 Å². The number of unbranched alkanes of at least 4 members (excludes halogenated alkanes) is 1. The third kappa shape index (κ3) is 9.05. The fraction of sp³-hybridized carbons (Fsp3) is 0.368. The topological polar surface area (TPSA) is 93.0 Å². The van der Waals surface area contributed by atoms with Crippen LogP contribution in [0.25, 0.3) is 0 Å². The van der Waals surface area contributed by atoms with Gasteiger partial charge in [-0.3, -0.25) is 20.1 Å². The normalized spacial score (nSPS) is 11.2. The fourth-order valence-corrected chi connectivity index (χ4v) is 3.45. The van der Waals surface area contributed by atoms with E-state index in [2.05, 4.69) is 20.6 Å². The molecule has 2 rings (SSSR count). The fourth-order valence-electron chi connectivity index (χ4n) is 2.43. The first kappa shape index (κ1) is 22.0. The van der Waals surface area contributed by atoms with Crippen LogP contribution < -0.4 is 10.6 Å². The van der Waals surface area contributed by atoms with Crippen LogP contribution in [0.1, 0.15) is 24.1 Å². The molecule has 0 aliphatic carbocycles. The Balaban J connectivity index is 1.63. The lowest BCUT2D eigenvalue weighted by atomic mass is 10.2. The number of nitrogens with zero attached hydrogens (tertiary/aromatic N) is 3. The molecule has 0 amide bonds. The highest BCUT2D eigenvalue weighted by molar-refractivity contribution is 7.98. The summed E-state index contributed by atoms with van der Waals surface area (Å²) in [4.78, 5) is 18.7. The molecule has 28 heavy (non-hydrogen) atoms. The number of nitrogens with one attached hydrogen (secondary N) is 2. The van der Waals surface area contributed by atoms with Gasteiger partial charge in [0.2, 0.25) is 0 Å². The van der Waals surface area contributed by atoms with Gasteiger partial charge in [-0.25, -0.2) is 0 Å². The van der Waals surface area contributed by atoms with Crippen LogP contribution in [0, 0.1) is 10.1 Å². The number of aromatic nitrogens is 2. The molecule has 0 aliphatic rings. The molecule has 0 saturated carbocycles. The summed E-state index contributed by atoms with van der Waals surface area (Å²) in [6.07, 6.45) is 8.85. The zero-order chi connectivity index (χ0) is 20.0. The second kappa shape index (κ2) is 13.0. The Morgan fingerprint density at radius 2 is 2.04 bits per heavy atom. The van der Waals surface area contributed by atoms with Crippen molar-refractivity contribution in [3.63, 3.8) is 0 Å². The van der Waals surface area contributed by atoms with E-state index in [0.29, 0.717) is 23.9 Å². The highest BCUT2D eigenvalue weighted by Crippen LogP contribution is 2.14. The predicted molar refractivity (Wildman–Crippen MR) is 114 cm³/mol. The van der Waals surface area contributed by atoms with Crippen LogP contribution in [0.2, 0.25) is 5.02 Å². The maximum atomic E-state index is 10.8. The van der Waals surface area contributed by atoms with Crippen molar-refractivity contribution in [2.45, 2.75) is 25.0 Å². The number of hydrogen-bond acceptors (Lipinski definition) is 7. The minimum atomic E-state index is -0.453. The SMILES string of the molecule is O=[N+]([O-])/C=C(/NCCCCc1ncccc1Cl)NCCSCc1cccnc1. The molecule has 7 nitrogen and oxygen atoms in total. The Morgan fingerprint density at radius 1 is 1.21 bits per heavy atom. The quantitative estimate of drug-likeness (QED) is 0.289. The van der Waals surface area contributed by atoms with Crippen LogP contribution >= 0.6 is 23.4 Å². The van der Waals surface area contributed by atoms with Crippen molar-refractivity contribution >= 4 is 23.4 Å². The molecule has 0 aliphatic heterocycles. The second-order valence-corrected chi connectivity index (χ2v) is 7.50. The summed E-state index contributed by atoms with van der Waals surface area (Å²) in [5.41, 5.74) is 2.05. The van der Waals surface area contributed by atoms with Crippen LogP contribution in [-0.4, -0.2) is 33.7 Å². The smallest absolute Gasteiger partial charge is 0.274 e. The van der Waals surface area contributed by atoms with Crippen LogP contribution in [-0.2, 0) is 12.2 Å². The Hall–Kier alpha value is -2.32. The van der Waals surface area contributed by atoms with Crippen LogP contribution in [0.3, 0.4) is 0 Å². The van der Waals surface area contributed by atoms with Gasteiger partial charge in [-0.05, 0) is 43.0 Å². The molecule has 2 aromatic rings. The molecular weight excluding hydrogens is 398 g/mol. The summed E-state index contributed by atoms with van der Waals surface area (Å²) in [7, 11) is 0. The van der Waals surface area contributed by atoms with Crippen molar-refractivity contribution in [3.05, 3.63) is 81.3 Å². The maximum Gasteiger partial charge on any atom is 0.274 e. The molecule has 0 aromatic carbocycles. The maximum absolute atomic E-state index is 10.8. The molecule has 0 fully saturated rings. The average Bonchev–Trinajstić information content (AvgIpc) is 2.69. The van der Waals surface area contributed by atoms with Gasteiger partial charge in [-0.2, -0.15) is 11.8 Å². The summed E-state index contributed by atoms with van der Waals surface area (Å²) in [5, 5.41) is 17.7. The first-order valence-electron chi connectivity index (χ1n) is 9.04. The highest BCUT2D eigenvalue weighted by Gasteiger charge is 2.04. The number of aryl methyl sites for hydroxylation is 1. The van der Waals surface area contributed by atoms with E-state index in [0.717, 1.165) is 42.7 Å². The molecular formula is C19H24ClN5O2S.